The minimum Gasteiger partial charge on any atom is -0.447 e. The fourth-order valence-corrected chi connectivity index (χ4v) is 6.46. The van der Waals surface area contributed by atoms with Gasteiger partial charge in [0.15, 0.2) is 0 Å². The maximum Gasteiger partial charge on any atom is 0.419 e. The fraction of sp³-hybridized carbons (Fsp3) is 0.458. The summed E-state index contributed by atoms with van der Waals surface area (Å²) in [6.07, 6.45) is -1.45. The summed E-state index contributed by atoms with van der Waals surface area (Å²) in [5.41, 5.74) is -0.483. The first kappa shape index (κ1) is 25.5. The number of benzene rings is 1. The third-order valence-corrected chi connectivity index (χ3v) is 8.48. The summed E-state index contributed by atoms with van der Waals surface area (Å²) in [6.45, 7) is 4.01. The van der Waals surface area contributed by atoms with Crippen molar-refractivity contribution in [2.24, 2.45) is 5.41 Å². The Hall–Kier alpha value is -3.11. The number of hydrogen-bond donors (Lipinski definition) is 3. The van der Waals surface area contributed by atoms with Crippen LogP contribution in [0.3, 0.4) is 0 Å². The number of halogens is 3. The highest BCUT2D eigenvalue weighted by molar-refractivity contribution is 7.70. The number of aromatic amines is 1. The van der Waals surface area contributed by atoms with Crippen LogP contribution in [0, 0.1) is 5.41 Å². The summed E-state index contributed by atoms with van der Waals surface area (Å²) < 4.78 is 59.4. The smallest absolute Gasteiger partial charge is 0.419 e. The van der Waals surface area contributed by atoms with E-state index in [1.54, 1.807) is 36.4 Å². The molecule has 1 saturated heterocycles. The second-order valence-electron chi connectivity index (χ2n) is 10.2. The van der Waals surface area contributed by atoms with Crippen LogP contribution in [-0.2, 0) is 15.5 Å². The van der Waals surface area contributed by atoms with Gasteiger partial charge in [-0.3, -0.25) is 0 Å². The lowest BCUT2D eigenvalue weighted by atomic mass is 9.61. The third-order valence-electron chi connectivity index (χ3n) is 6.94. The molecule has 1 aliphatic carbocycles. The van der Waals surface area contributed by atoms with E-state index < -0.39 is 25.0 Å². The van der Waals surface area contributed by atoms with E-state index in [0.717, 1.165) is 19.0 Å². The number of rotatable bonds is 6. The summed E-state index contributed by atoms with van der Waals surface area (Å²) in [6, 6.07) is 5.03. The summed E-state index contributed by atoms with van der Waals surface area (Å²) in [5, 5.41) is 13.0. The van der Waals surface area contributed by atoms with Gasteiger partial charge in [-0.25, -0.2) is 14.8 Å². The average molecular weight is 537 g/mol. The Morgan fingerprint density at radius 2 is 2.05 bits per heavy atom. The number of hydrogen-bond acceptors (Lipinski definition) is 7. The molecule has 0 radical (unpaired) electrons. The predicted molar refractivity (Wildman–Crippen MR) is 132 cm³/mol. The van der Waals surface area contributed by atoms with E-state index in [2.05, 4.69) is 20.3 Å². The van der Waals surface area contributed by atoms with E-state index in [-0.39, 0.29) is 41.9 Å². The van der Waals surface area contributed by atoms with Gasteiger partial charge in [-0.2, -0.15) is 13.2 Å². The quantitative estimate of drug-likeness (QED) is 0.408. The van der Waals surface area contributed by atoms with Gasteiger partial charge < -0.3 is 29.6 Å². The molecule has 1 spiro atoms. The molecular formula is C24H27F3N5O4P. The lowest BCUT2D eigenvalue weighted by molar-refractivity contribution is -0.137. The molecule has 1 amide bonds. The Bertz CT molecular complexity index is 1390. The van der Waals surface area contributed by atoms with Crippen molar-refractivity contribution in [3.05, 3.63) is 36.2 Å². The second kappa shape index (κ2) is 9.02. The van der Waals surface area contributed by atoms with Crippen LogP contribution in [0.4, 0.5) is 23.9 Å². The lowest BCUT2D eigenvalue weighted by Gasteiger charge is -2.58. The molecule has 13 heteroatoms. The zero-order valence-corrected chi connectivity index (χ0v) is 21.2. The van der Waals surface area contributed by atoms with Crippen molar-refractivity contribution in [2.45, 2.75) is 25.1 Å². The number of fused-ring (bicyclic) bond motifs is 1. The topological polar surface area (TPSA) is 120 Å². The number of aromatic nitrogens is 3. The number of nitrogens with zero attached hydrogens (tertiary/aromatic N) is 3. The first-order chi connectivity index (χ1) is 17.4. The van der Waals surface area contributed by atoms with Crippen LogP contribution >= 0.6 is 7.14 Å². The van der Waals surface area contributed by atoms with E-state index in [1.165, 1.54) is 6.20 Å². The second-order valence-corrected chi connectivity index (χ2v) is 13.3. The van der Waals surface area contributed by atoms with E-state index in [0.29, 0.717) is 29.3 Å². The normalized spacial score (nSPS) is 17.5. The van der Waals surface area contributed by atoms with Crippen LogP contribution in [0.25, 0.3) is 22.2 Å². The number of carbonyl (C=O) groups is 1. The number of ether oxygens (including phenoxy) is 1. The lowest BCUT2D eigenvalue weighted by Crippen LogP contribution is -2.66. The highest BCUT2D eigenvalue weighted by atomic mass is 31.2. The third kappa shape index (κ3) is 4.80. The van der Waals surface area contributed by atoms with E-state index in [1.807, 2.05) is 0 Å². The molecular weight excluding hydrogens is 510 g/mol. The first-order valence-electron chi connectivity index (χ1n) is 11.8. The number of alkyl halides is 3. The van der Waals surface area contributed by atoms with Crippen LogP contribution in [0.2, 0.25) is 0 Å². The van der Waals surface area contributed by atoms with Crippen molar-refractivity contribution in [2.75, 3.05) is 44.9 Å². The number of H-pyrrole nitrogens is 1. The number of aliphatic hydroxyl groups is 1. The van der Waals surface area contributed by atoms with Crippen molar-refractivity contribution < 1.29 is 32.4 Å². The highest BCUT2D eigenvalue weighted by Crippen LogP contribution is 2.49. The molecule has 2 aliphatic rings. The summed E-state index contributed by atoms with van der Waals surface area (Å²) in [7, 11) is -2.68. The van der Waals surface area contributed by atoms with Crippen molar-refractivity contribution in [3.63, 3.8) is 0 Å². The van der Waals surface area contributed by atoms with Crippen LogP contribution in [0.15, 0.2) is 30.6 Å². The molecule has 3 aromatic rings. The number of nitrogens with one attached hydrogen (secondary N) is 2. The molecule has 2 fully saturated rings. The van der Waals surface area contributed by atoms with Gasteiger partial charge in [0, 0.05) is 53.2 Å². The molecule has 2 aromatic heterocycles. The standard InChI is InChI=1S/C24H27F3N5O4P/c1-37(2,35)18-5-3-4-15-16(10-28-20(15)18)19-17(24(25,26)27)11-29-21(31-19)30-14-8-23(9-14)12-32(13-23)22(34)36-7-6-33/h3-5,10-11,14,28,33H,6-9,12-13H2,1-2H3,(H,29,30,31). The van der Waals surface area contributed by atoms with Crippen LogP contribution in [0.1, 0.15) is 18.4 Å². The highest BCUT2D eigenvalue weighted by Gasteiger charge is 2.54. The summed E-state index contributed by atoms with van der Waals surface area (Å²) >= 11 is 0. The maximum absolute atomic E-state index is 13.9. The number of aliphatic hydroxyl groups excluding tert-OH is 1. The van der Waals surface area contributed by atoms with Gasteiger partial charge in [-0.15, -0.1) is 0 Å². The minimum absolute atomic E-state index is 0.0409. The molecule has 1 aliphatic heterocycles. The largest absolute Gasteiger partial charge is 0.447 e. The van der Waals surface area contributed by atoms with Crippen LogP contribution in [-0.4, -0.2) is 76.7 Å². The Labute approximate surface area is 210 Å². The number of para-hydroxylation sites is 1. The minimum atomic E-state index is -4.67. The summed E-state index contributed by atoms with van der Waals surface area (Å²) in [5.74, 6) is 0.0866. The van der Waals surface area contributed by atoms with Crippen molar-refractivity contribution in [1.29, 1.82) is 0 Å². The SMILES string of the molecule is CP(C)(=O)c1cccc2c(-c3nc(NC4CC5(C4)CN(C(=O)OCCO)C5)ncc3C(F)(F)F)c[nH]c12. The molecule has 198 valence electrons. The Morgan fingerprint density at radius 3 is 2.70 bits per heavy atom. The molecule has 3 heterocycles. The number of anilines is 1. The van der Waals surface area contributed by atoms with E-state index in [4.69, 9.17) is 9.84 Å². The molecule has 0 unspecified atom stereocenters. The molecule has 5 rings (SSSR count). The van der Waals surface area contributed by atoms with Gasteiger partial charge in [-0.1, -0.05) is 12.1 Å². The maximum atomic E-state index is 13.9. The van der Waals surface area contributed by atoms with E-state index >= 15 is 0 Å². The first-order valence-corrected chi connectivity index (χ1v) is 14.4. The molecule has 1 aromatic carbocycles. The van der Waals surface area contributed by atoms with Crippen molar-refractivity contribution >= 4 is 35.4 Å². The monoisotopic (exact) mass is 537 g/mol. The number of amides is 1. The predicted octanol–water partition coefficient (Wildman–Crippen LogP) is 3.90. The Balaban J connectivity index is 1.36. The molecule has 3 N–H and O–H groups in total. The molecule has 1 saturated carbocycles. The molecule has 0 bridgehead atoms. The number of likely N-dealkylation sites (tertiary alicyclic amines) is 1. The molecule has 9 nitrogen and oxygen atoms in total. The Morgan fingerprint density at radius 1 is 1.32 bits per heavy atom. The van der Waals surface area contributed by atoms with Crippen molar-refractivity contribution in [1.82, 2.24) is 19.9 Å². The van der Waals surface area contributed by atoms with Crippen LogP contribution < -0.4 is 10.6 Å². The average Bonchev–Trinajstić information content (AvgIpc) is 3.20. The molecule has 37 heavy (non-hydrogen) atoms. The number of carbonyl (C=O) groups excluding carboxylic acids is 1. The zero-order chi connectivity index (χ0) is 26.6. The zero-order valence-electron chi connectivity index (χ0n) is 20.3. The fourth-order valence-electron chi connectivity index (χ4n) is 5.29. The van der Waals surface area contributed by atoms with Crippen LogP contribution in [0.5, 0.6) is 0 Å². The van der Waals surface area contributed by atoms with Gasteiger partial charge in [0.05, 0.1) is 17.8 Å². The van der Waals surface area contributed by atoms with Gasteiger partial charge in [0.1, 0.15) is 19.3 Å². The summed E-state index contributed by atoms with van der Waals surface area (Å²) in [4.78, 5) is 24.6. The van der Waals surface area contributed by atoms with Gasteiger partial charge >= 0.3 is 12.3 Å². The van der Waals surface area contributed by atoms with Gasteiger partial charge in [0.25, 0.3) is 0 Å². The van der Waals surface area contributed by atoms with Crippen molar-refractivity contribution in [3.8, 4) is 11.3 Å². The van der Waals surface area contributed by atoms with E-state index in [9.17, 15) is 22.5 Å². The molecule has 0 atom stereocenters. The Kier molecular flexibility index (Phi) is 6.23. The van der Waals surface area contributed by atoms with Gasteiger partial charge in [-0.05, 0) is 32.2 Å². The van der Waals surface area contributed by atoms with Gasteiger partial charge in [0.2, 0.25) is 5.95 Å².